The molecule has 1 heterocycles. The molecule has 0 amide bonds. The maximum absolute atomic E-state index is 13.0. The second-order valence-electron chi connectivity index (χ2n) is 3.82. The normalized spacial score (nSPS) is 22.2. The molecule has 0 aromatic heterocycles. The molecule has 0 spiro atoms. The van der Waals surface area contributed by atoms with Crippen LogP contribution < -0.4 is 10.6 Å². The number of benzene rings is 1. The third-order valence-electron chi connectivity index (χ3n) is 2.51. The van der Waals surface area contributed by atoms with E-state index >= 15 is 0 Å². The molecule has 0 saturated carbocycles. The van der Waals surface area contributed by atoms with Gasteiger partial charge in [-0.05, 0) is 25.2 Å². The van der Waals surface area contributed by atoms with Gasteiger partial charge in [0, 0.05) is 6.54 Å². The third-order valence-corrected chi connectivity index (χ3v) is 4.36. The molecule has 1 aliphatic heterocycles. The molecule has 6 heteroatoms. The number of nitrogens with one attached hydrogen (secondary N) is 2. The molecule has 0 radical (unpaired) electrons. The second-order valence-corrected chi connectivity index (χ2v) is 5.82. The fraction of sp³-hybridized carbons (Fsp3) is 0.400. The molecule has 1 atom stereocenters. The highest BCUT2D eigenvalue weighted by Crippen LogP contribution is 2.28. The van der Waals surface area contributed by atoms with Gasteiger partial charge in [0.25, 0.3) is 0 Å². The summed E-state index contributed by atoms with van der Waals surface area (Å²) in [7, 11) is -1.62. The van der Waals surface area contributed by atoms with Crippen molar-refractivity contribution in [3.8, 4) is 0 Å². The van der Waals surface area contributed by atoms with Gasteiger partial charge in [-0.25, -0.2) is 12.8 Å². The van der Waals surface area contributed by atoms with Gasteiger partial charge >= 0.3 is 0 Å². The molecule has 4 nitrogen and oxygen atoms in total. The summed E-state index contributed by atoms with van der Waals surface area (Å²) in [5.74, 6) is -0.541. The zero-order chi connectivity index (χ0) is 11.8. The Morgan fingerprint density at radius 3 is 3.00 bits per heavy atom. The molecule has 1 unspecified atom stereocenters. The van der Waals surface area contributed by atoms with Gasteiger partial charge < -0.3 is 10.6 Å². The Morgan fingerprint density at radius 1 is 1.56 bits per heavy atom. The number of anilines is 1. The van der Waals surface area contributed by atoms with E-state index in [-0.39, 0.29) is 16.7 Å². The van der Waals surface area contributed by atoms with Crippen LogP contribution in [0.5, 0.6) is 0 Å². The topological polar surface area (TPSA) is 58.2 Å². The molecule has 1 aliphatic rings. The van der Waals surface area contributed by atoms with E-state index in [0.717, 1.165) is 6.07 Å². The van der Waals surface area contributed by atoms with E-state index in [2.05, 4.69) is 10.6 Å². The van der Waals surface area contributed by atoms with E-state index < -0.39 is 15.7 Å². The zero-order valence-electron chi connectivity index (χ0n) is 8.83. The molecule has 0 aliphatic carbocycles. The Bertz CT molecular complexity index is 502. The molecule has 1 aromatic rings. The van der Waals surface area contributed by atoms with Crippen molar-refractivity contribution < 1.29 is 12.8 Å². The van der Waals surface area contributed by atoms with Gasteiger partial charge in [0.2, 0.25) is 0 Å². The van der Waals surface area contributed by atoms with Crippen molar-refractivity contribution in [1.82, 2.24) is 5.32 Å². The minimum Gasteiger partial charge on any atom is -0.379 e. The third kappa shape index (κ3) is 2.03. The fourth-order valence-corrected chi connectivity index (χ4v) is 3.51. The Kier molecular flexibility index (Phi) is 2.86. The summed E-state index contributed by atoms with van der Waals surface area (Å²) in [5, 5.41) is 5.99. The number of hydrogen-bond acceptors (Lipinski definition) is 4. The van der Waals surface area contributed by atoms with Crippen LogP contribution in [0.4, 0.5) is 10.1 Å². The molecule has 88 valence electrons. The van der Waals surface area contributed by atoms with Gasteiger partial charge in [0.1, 0.15) is 5.82 Å². The van der Waals surface area contributed by atoms with Crippen LogP contribution in [0.3, 0.4) is 0 Å². The van der Waals surface area contributed by atoms with E-state index in [4.69, 9.17) is 0 Å². The summed E-state index contributed by atoms with van der Waals surface area (Å²) < 4.78 is 36.7. The standard InChI is InChI=1S/C10H13FN2O2S/c1-12-5-8-6-16(14,15)10-4-7(11)2-3-9(10)13-8/h2-4,8,12-13H,5-6H2,1H3. The highest BCUT2D eigenvalue weighted by molar-refractivity contribution is 7.91. The minimum absolute atomic E-state index is 0.00963. The number of likely N-dealkylation sites (N-methyl/N-ethyl adjacent to an activating group) is 1. The lowest BCUT2D eigenvalue weighted by Gasteiger charge is -2.26. The van der Waals surface area contributed by atoms with Crippen molar-refractivity contribution in [2.75, 3.05) is 24.7 Å². The van der Waals surface area contributed by atoms with Crippen molar-refractivity contribution >= 4 is 15.5 Å². The molecule has 16 heavy (non-hydrogen) atoms. The molecule has 2 N–H and O–H groups in total. The van der Waals surface area contributed by atoms with Crippen molar-refractivity contribution in [2.24, 2.45) is 0 Å². The van der Waals surface area contributed by atoms with Crippen molar-refractivity contribution in [3.05, 3.63) is 24.0 Å². The lowest BCUT2D eigenvalue weighted by molar-refractivity contribution is 0.576. The number of hydrogen-bond donors (Lipinski definition) is 2. The lowest BCUT2D eigenvalue weighted by atomic mass is 10.2. The summed E-state index contributed by atoms with van der Waals surface area (Å²) in [6.07, 6.45) is 0. The highest BCUT2D eigenvalue weighted by Gasteiger charge is 2.29. The number of rotatable bonds is 2. The fourth-order valence-electron chi connectivity index (χ4n) is 1.85. The average Bonchev–Trinajstić information content (AvgIpc) is 2.19. The first-order valence-corrected chi connectivity index (χ1v) is 6.61. The van der Waals surface area contributed by atoms with E-state index in [1.807, 2.05) is 0 Å². The van der Waals surface area contributed by atoms with Crippen LogP contribution in [0.1, 0.15) is 0 Å². The summed E-state index contributed by atoms with van der Waals surface area (Å²) in [6.45, 7) is 0.552. The number of sulfone groups is 1. The van der Waals surface area contributed by atoms with Gasteiger partial charge in [-0.15, -0.1) is 0 Å². The molecule has 0 bridgehead atoms. The summed E-state index contributed by atoms with van der Waals surface area (Å²) in [4.78, 5) is 0.0554. The highest BCUT2D eigenvalue weighted by atomic mass is 32.2. The van der Waals surface area contributed by atoms with Gasteiger partial charge in [-0.1, -0.05) is 0 Å². The quantitative estimate of drug-likeness (QED) is 0.800. The largest absolute Gasteiger partial charge is 0.379 e. The van der Waals surface area contributed by atoms with Crippen LogP contribution >= 0.6 is 0 Å². The Hall–Kier alpha value is -1.14. The van der Waals surface area contributed by atoms with Crippen molar-refractivity contribution in [2.45, 2.75) is 10.9 Å². The summed E-state index contributed by atoms with van der Waals surface area (Å²) >= 11 is 0. The number of fused-ring (bicyclic) bond motifs is 1. The molecular weight excluding hydrogens is 231 g/mol. The first-order valence-electron chi connectivity index (χ1n) is 4.96. The monoisotopic (exact) mass is 244 g/mol. The van der Waals surface area contributed by atoms with Crippen LogP contribution in [-0.2, 0) is 9.84 Å². The first-order chi connectivity index (χ1) is 7.53. The van der Waals surface area contributed by atoms with Gasteiger partial charge in [0.05, 0.1) is 22.4 Å². The smallest absolute Gasteiger partial charge is 0.182 e. The molecule has 0 fully saturated rings. The van der Waals surface area contributed by atoms with Crippen molar-refractivity contribution in [3.63, 3.8) is 0 Å². The molecular formula is C10H13FN2O2S. The zero-order valence-corrected chi connectivity index (χ0v) is 9.64. The average molecular weight is 244 g/mol. The molecule has 0 saturated heterocycles. The molecule has 1 aromatic carbocycles. The second kappa shape index (κ2) is 4.03. The van der Waals surface area contributed by atoms with Crippen LogP contribution in [0.25, 0.3) is 0 Å². The predicted molar refractivity (Wildman–Crippen MR) is 59.8 cm³/mol. The van der Waals surface area contributed by atoms with Crippen LogP contribution in [-0.4, -0.2) is 33.8 Å². The first kappa shape index (κ1) is 11.3. The maximum Gasteiger partial charge on any atom is 0.182 e. The summed E-state index contributed by atoms with van der Waals surface area (Å²) in [5.41, 5.74) is 0.480. The van der Waals surface area contributed by atoms with Crippen LogP contribution in [0.15, 0.2) is 23.1 Å². The van der Waals surface area contributed by atoms with Crippen LogP contribution in [0, 0.1) is 5.82 Å². The Labute approximate surface area is 93.8 Å². The predicted octanol–water partition coefficient (Wildman–Crippen LogP) is 0.613. The Morgan fingerprint density at radius 2 is 2.31 bits per heavy atom. The van der Waals surface area contributed by atoms with Gasteiger partial charge in [-0.2, -0.15) is 0 Å². The van der Waals surface area contributed by atoms with Crippen LogP contribution in [0.2, 0.25) is 0 Å². The maximum atomic E-state index is 13.0. The molecule has 2 rings (SSSR count). The van der Waals surface area contributed by atoms with Gasteiger partial charge in [0.15, 0.2) is 9.84 Å². The Balaban J connectivity index is 2.44. The van der Waals surface area contributed by atoms with E-state index in [1.54, 1.807) is 7.05 Å². The summed E-state index contributed by atoms with van der Waals surface area (Å²) in [6, 6.07) is 3.60. The number of halogens is 1. The lowest BCUT2D eigenvalue weighted by Crippen LogP contribution is -2.40. The van der Waals surface area contributed by atoms with E-state index in [0.29, 0.717) is 12.2 Å². The SMILES string of the molecule is CNCC1CS(=O)(=O)c2cc(F)ccc2N1. The van der Waals surface area contributed by atoms with Gasteiger partial charge in [-0.3, -0.25) is 0 Å². The van der Waals surface area contributed by atoms with E-state index in [9.17, 15) is 12.8 Å². The minimum atomic E-state index is -3.38. The van der Waals surface area contributed by atoms with E-state index in [1.165, 1.54) is 12.1 Å². The van der Waals surface area contributed by atoms with Crippen molar-refractivity contribution in [1.29, 1.82) is 0 Å².